The molecule has 7 heteroatoms. The average Bonchev–Trinajstić information content (AvgIpc) is 2.62. The van der Waals surface area contributed by atoms with E-state index in [9.17, 15) is 4.79 Å². The van der Waals surface area contributed by atoms with Crippen molar-refractivity contribution in [3.05, 3.63) is 29.2 Å². The molecule has 18 heavy (non-hydrogen) atoms. The van der Waals surface area contributed by atoms with Crippen molar-refractivity contribution in [1.82, 2.24) is 10.1 Å². The first kappa shape index (κ1) is 11.9. The molecule has 0 aliphatic carbocycles. The first-order chi connectivity index (χ1) is 8.49. The van der Waals surface area contributed by atoms with Crippen molar-refractivity contribution in [2.45, 2.75) is 13.8 Å². The van der Waals surface area contributed by atoms with E-state index in [-0.39, 0.29) is 11.7 Å². The quantitative estimate of drug-likeness (QED) is 0.730. The van der Waals surface area contributed by atoms with Gasteiger partial charge in [0.15, 0.2) is 0 Å². The number of aryl methyl sites for hydroxylation is 2. The van der Waals surface area contributed by atoms with Crippen LogP contribution < -0.4 is 16.8 Å². The zero-order chi connectivity index (χ0) is 13.3. The van der Waals surface area contributed by atoms with E-state index in [0.717, 1.165) is 0 Å². The first-order valence-electron chi connectivity index (χ1n) is 5.25. The van der Waals surface area contributed by atoms with Crippen LogP contribution in [0, 0.1) is 13.8 Å². The zero-order valence-corrected chi connectivity index (χ0v) is 10.0. The molecule has 0 aliphatic heterocycles. The molecular weight excluding hydrogens is 234 g/mol. The molecule has 0 saturated heterocycles. The smallest absolute Gasteiger partial charge is 0.261 e. The molecule has 94 valence electrons. The Bertz CT molecular complexity index is 586. The van der Waals surface area contributed by atoms with Crippen LogP contribution in [0.2, 0.25) is 0 Å². The van der Waals surface area contributed by atoms with Gasteiger partial charge in [0.25, 0.3) is 5.91 Å². The second-order valence-electron chi connectivity index (χ2n) is 3.82. The number of rotatable bonds is 2. The Morgan fingerprint density at radius 2 is 2.06 bits per heavy atom. The fourth-order valence-electron chi connectivity index (χ4n) is 1.59. The lowest BCUT2D eigenvalue weighted by Gasteiger charge is -2.07. The molecule has 0 bridgehead atoms. The third kappa shape index (κ3) is 2.10. The number of hydrogen-bond acceptors (Lipinski definition) is 6. The fourth-order valence-corrected chi connectivity index (χ4v) is 1.59. The minimum Gasteiger partial charge on any atom is -0.384 e. The predicted octanol–water partition coefficient (Wildman–Crippen LogP) is 1.10. The molecule has 0 fully saturated rings. The molecule has 0 aliphatic rings. The third-order valence-corrected chi connectivity index (χ3v) is 2.45. The molecule has 2 aromatic rings. The van der Waals surface area contributed by atoms with Crippen LogP contribution in [0.4, 0.5) is 17.3 Å². The van der Waals surface area contributed by atoms with E-state index in [1.165, 1.54) is 0 Å². The van der Waals surface area contributed by atoms with Crippen molar-refractivity contribution in [1.29, 1.82) is 0 Å². The Hall–Kier alpha value is -2.57. The summed E-state index contributed by atoms with van der Waals surface area (Å²) in [6.45, 7) is 3.36. The van der Waals surface area contributed by atoms with Crippen LogP contribution in [-0.2, 0) is 0 Å². The second kappa shape index (κ2) is 4.36. The maximum Gasteiger partial charge on any atom is 0.261 e. The molecule has 0 saturated carbocycles. The highest BCUT2D eigenvalue weighted by Gasteiger charge is 2.18. The van der Waals surface area contributed by atoms with E-state index >= 15 is 0 Å². The Morgan fingerprint density at radius 3 is 2.61 bits per heavy atom. The molecule has 0 aromatic carbocycles. The minimum absolute atomic E-state index is 0.162. The average molecular weight is 247 g/mol. The summed E-state index contributed by atoms with van der Waals surface area (Å²) < 4.78 is 4.93. The van der Waals surface area contributed by atoms with Crippen LogP contribution >= 0.6 is 0 Å². The predicted molar refractivity (Wildman–Crippen MR) is 67.0 cm³/mol. The highest BCUT2D eigenvalue weighted by Crippen LogP contribution is 2.20. The standard InChI is InChI=1S/C11H13N5O2/c1-5-9(6(2)18-16-5)11(17)14-7-3-4-8(12)15-10(7)13/h3-4H,1-2H3,(H,14,17)(H4,12,13,15). The summed E-state index contributed by atoms with van der Waals surface area (Å²) in [7, 11) is 0. The van der Waals surface area contributed by atoms with Gasteiger partial charge in [-0.25, -0.2) is 4.98 Å². The number of aromatic nitrogens is 2. The fraction of sp³-hybridized carbons (Fsp3) is 0.182. The molecule has 2 heterocycles. The third-order valence-electron chi connectivity index (χ3n) is 2.45. The molecule has 0 atom stereocenters. The highest BCUT2D eigenvalue weighted by atomic mass is 16.5. The van der Waals surface area contributed by atoms with Gasteiger partial charge in [0.05, 0.1) is 11.4 Å². The Balaban J connectivity index is 2.27. The molecule has 0 spiro atoms. The molecule has 2 aromatic heterocycles. The topological polar surface area (TPSA) is 120 Å². The molecular formula is C11H13N5O2. The van der Waals surface area contributed by atoms with Gasteiger partial charge in [-0.15, -0.1) is 0 Å². The van der Waals surface area contributed by atoms with E-state index in [0.29, 0.717) is 28.5 Å². The van der Waals surface area contributed by atoms with Gasteiger partial charge in [-0.05, 0) is 26.0 Å². The summed E-state index contributed by atoms with van der Waals surface area (Å²) in [4.78, 5) is 15.9. The normalized spacial score (nSPS) is 10.3. The molecule has 2 rings (SSSR count). The van der Waals surface area contributed by atoms with Crippen LogP contribution in [0.5, 0.6) is 0 Å². The number of anilines is 3. The van der Waals surface area contributed by atoms with E-state index in [4.69, 9.17) is 16.0 Å². The van der Waals surface area contributed by atoms with Crippen molar-refractivity contribution < 1.29 is 9.32 Å². The number of hydrogen-bond donors (Lipinski definition) is 3. The highest BCUT2D eigenvalue weighted by molar-refractivity contribution is 6.06. The van der Waals surface area contributed by atoms with Gasteiger partial charge >= 0.3 is 0 Å². The van der Waals surface area contributed by atoms with Crippen molar-refractivity contribution in [3.8, 4) is 0 Å². The number of carbonyl (C=O) groups excluding carboxylic acids is 1. The van der Waals surface area contributed by atoms with Crippen LogP contribution in [0.1, 0.15) is 21.8 Å². The number of amides is 1. The second-order valence-corrected chi connectivity index (χ2v) is 3.82. The summed E-state index contributed by atoms with van der Waals surface area (Å²) in [5.41, 5.74) is 12.4. The molecule has 7 nitrogen and oxygen atoms in total. The van der Waals surface area contributed by atoms with Crippen LogP contribution in [0.3, 0.4) is 0 Å². The van der Waals surface area contributed by atoms with Gasteiger partial charge in [0.1, 0.15) is 23.0 Å². The van der Waals surface area contributed by atoms with Gasteiger partial charge in [0.2, 0.25) is 0 Å². The molecule has 1 amide bonds. The lowest BCUT2D eigenvalue weighted by molar-refractivity contribution is 0.102. The summed E-state index contributed by atoms with van der Waals surface area (Å²) in [5, 5.41) is 6.35. The minimum atomic E-state index is -0.343. The SMILES string of the molecule is Cc1noc(C)c1C(=O)Nc1ccc(N)nc1N. The number of carbonyl (C=O) groups is 1. The van der Waals surface area contributed by atoms with E-state index in [1.807, 2.05) is 0 Å². The molecule has 5 N–H and O–H groups in total. The van der Waals surface area contributed by atoms with Crippen molar-refractivity contribution >= 4 is 23.2 Å². The van der Waals surface area contributed by atoms with Crippen molar-refractivity contribution in [3.63, 3.8) is 0 Å². The first-order valence-corrected chi connectivity index (χ1v) is 5.25. The number of pyridine rings is 1. The number of nitrogen functional groups attached to an aromatic ring is 2. The number of nitrogens with two attached hydrogens (primary N) is 2. The largest absolute Gasteiger partial charge is 0.384 e. The number of nitrogens with one attached hydrogen (secondary N) is 1. The Morgan fingerprint density at radius 1 is 1.33 bits per heavy atom. The molecule has 0 radical (unpaired) electrons. The van der Waals surface area contributed by atoms with E-state index in [1.54, 1.807) is 26.0 Å². The van der Waals surface area contributed by atoms with E-state index in [2.05, 4.69) is 15.5 Å². The lowest BCUT2D eigenvalue weighted by atomic mass is 10.2. The van der Waals surface area contributed by atoms with Crippen LogP contribution in [-0.4, -0.2) is 16.0 Å². The lowest BCUT2D eigenvalue weighted by Crippen LogP contribution is -2.15. The van der Waals surface area contributed by atoms with Crippen molar-refractivity contribution in [2.75, 3.05) is 16.8 Å². The van der Waals surface area contributed by atoms with Gasteiger partial charge in [0, 0.05) is 0 Å². The van der Waals surface area contributed by atoms with Crippen LogP contribution in [0.15, 0.2) is 16.7 Å². The van der Waals surface area contributed by atoms with Gasteiger partial charge in [-0.1, -0.05) is 5.16 Å². The van der Waals surface area contributed by atoms with Gasteiger partial charge in [-0.2, -0.15) is 0 Å². The summed E-state index contributed by atoms with van der Waals surface area (Å²) in [5.74, 6) is 0.564. The summed E-state index contributed by atoms with van der Waals surface area (Å²) >= 11 is 0. The summed E-state index contributed by atoms with van der Waals surface area (Å²) in [6, 6.07) is 3.15. The maximum absolute atomic E-state index is 12.0. The molecule has 0 unspecified atom stereocenters. The Labute approximate surface area is 103 Å². The van der Waals surface area contributed by atoms with E-state index < -0.39 is 0 Å². The monoisotopic (exact) mass is 247 g/mol. The summed E-state index contributed by atoms with van der Waals surface area (Å²) in [6.07, 6.45) is 0. The van der Waals surface area contributed by atoms with Gasteiger partial charge in [-0.3, -0.25) is 4.79 Å². The van der Waals surface area contributed by atoms with Crippen molar-refractivity contribution in [2.24, 2.45) is 0 Å². The van der Waals surface area contributed by atoms with Gasteiger partial charge < -0.3 is 21.3 Å². The van der Waals surface area contributed by atoms with Crippen LogP contribution in [0.25, 0.3) is 0 Å². The maximum atomic E-state index is 12.0. The zero-order valence-electron chi connectivity index (χ0n) is 10.0. The number of nitrogens with zero attached hydrogens (tertiary/aromatic N) is 2. The Kier molecular flexibility index (Phi) is 2.88.